The predicted molar refractivity (Wildman–Crippen MR) is 99.6 cm³/mol. The van der Waals surface area contributed by atoms with Crippen molar-refractivity contribution in [2.75, 3.05) is 19.8 Å². The summed E-state index contributed by atoms with van der Waals surface area (Å²) >= 11 is 6.53. The van der Waals surface area contributed by atoms with E-state index in [0.717, 1.165) is 36.6 Å². The van der Waals surface area contributed by atoms with E-state index < -0.39 is 10.1 Å². The Morgan fingerprint density at radius 2 is 2.19 bits per heavy atom. The van der Waals surface area contributed by atoms with Gasteiger partial charge < -0.3 is 4.90 Å². The van der Waals surface area contributed by atoms with Crippen LogP contribution >= 0.6 is 11.6 Å². The van der Waals surface area contributed by atoms with Crippen LogP contribution in [0.5, 0.6) is 0 Å². The summed E-state index contributed by atoms with van der Waals surface area (Å²) in [5.41, 5.74) is 2.78. The van der Waals surface area contributed by atoms with Gasteiger partial charge in [-0.05, 0) is 37.4 Å². The van der Waals surface area contributed by atoms with Crippen molar-refractivity contribution >= 4 is 32.6 Å². The van der Waals surface area contributed by atoms with Crippen LogP contribution in [-0.2, 0) is 16.5 Å². The molecule has 0 spiro atoms. The number of halogens is 1. The van der Waals surface area contributed by atoms with E-state index in [4.69, 9.17) is 21.1 Å². The van der Waals surface area contributed by atoms with E-state index in [1.54, 1.807) is 0 Å². The van der Waals surface area contributed by atoms with Gasteiger partial charge in [0, 0.05) is 35.9 Å². The molecule has 0 saturated carbocycles. The predicted octanol–water partition coefficient (Wildman–Crippen LogP) is 2.56. The largest absolute Gasteiger partial charge is 0.324 e. The van der Waals surface area contributed by atoms with Crippen LogP contribution in [-0.4, -0.2) is 43.9 Å². The maximum Gasteiger partial charge on any atom is 0.324 e. The second-order valence-electron chi connectivity index (χ2n) is 7.37. The Hall–Kier alpha value is -1.75. The summed E-state index contributed by atoms with van der Waals surface area (Å²) in [6, 6.07) is 8.42. The molecule has 1 aromatic carbocycles. The Balaban J connectivity index is 1.88. The monoisotopic (exact) mass is 393 g/mol. The SMILES string of the molecule is CN1CC(CC#N)C[C@H]2c3cccc4c3c(c(Cl)n4OS(C)(=O)=O)C[C@@H]21. The number of likely N-dealkylation sites (tertiary alicyclic amines) is 1. The third kappa shape index (κ3) is 2.77. The molecule has 0 amide bonds. The van der Waals surface area contributed by atoms with Gasteiger partial charge in [-0.2, -0.15) is 18.4 Å². The highest BCUT2D eigenvalue weighted by Crippen LogP contribution is 2.47. The average Bonchev–Trinajstić information content (AvgIpc) is 2.82. The summed E-state index contributed by atoms with van der Waals surface area (Å²) in [7, 11) is -1.61. The molecular weight excluding hydrogens is 374 g/mol. The first-order valence-corrected chi connectivity index (χ1v) is 10.8. The second kappa shape index (κ2) is 6.15. The molecule has 0 radical (unpaired) electrons. The van der Waals surface area contributed by atoms with Crippen LogP contribution in [0.3, 0.4) is 0 Å². The van der Waals surface area contributed by atoms with E-state index >= 15 is 0 Å². The molecule has 1 saturated heterocycles. The van der Waals surface area contributed by atoms with E-state index in [0.29, 0.717) is 28.9 Å². The van der Waals surface area contributed by atoms with Gasteiger partial charge in [0.05, 0.1) is 17.8 Å². The van der Waals surface area contributed by atoms with Crippen LogP contribution in [0, 0.1) is 17.2 Å². The number of nitrogens with zero attached hydrogens (tertiary/aromatic N) is 3. The van der Waals surface area contributed by atoms with E-state index in [2.05, 4.69) is 24.1 Å². The number of likely N-dealkylation sites (N-methyl/N-ethyl adjacent to an activating group) is 1. The number of aromatic nitrogens is 1. The maximum atomic E-state index is 11.7. The molecule has 2 heterocycles. The summed E-state index contributed by atoms with van der Waals surface area (Å²) in [5.74, 6) is 0.640. The molecule has 3 atom stereocenters. The fraction of sp³-hybridized carbons (Fsp3) is 0.500. The molecule has 138 valence electrons. The van der Waals surface area contributed by atoms with Crippen molar-refractivity contribution < 1.29 is 12.7 Å². The minimum absolute atomic E-state index is 0.287. The van der Waals surface area contributed by atoms with Crippen LogP contribution in [0.15, 0.2) is 18.2 Å². The van der Waals surface area contributed by atoms with E-state index in [1.165, 1.54) is 10.3 Å². The van der Waals surface area contributed by atoms with Gasteiger partial charge in [-0.1, -0.05) is 23.7 Å². The van der Waals surface area contributed by atoms with Crippen molar-refractivity contribution in [2.24, 2.45) is 5.92 Å². The molecule has 4 rings (SSSR count). The lowest BCUT2D eigenvalue weighted by molar-refractivity contribution is 0.113. The normalized spacial score (nSPS) is 25.7. The van der Waals surface area contributed by atoms with E-state index in [-0.39, 0.29) is 6.04 Å². The molecule has 1 fully saturated rings. The smallest absolute Gasteiger partial charge is 0.302 e. The minimum Gasteiger partial charge on any atom is -0.302 e. The van der Waals surface area contributed by atoms with Gasteiger partial charge in [0.25, 0.3) is 0 Å². The Morgan fingerprint density at radius 3 is 2.88 bits per heavy atom. The molecule has 2 aliphatic rings. The maximum absolute atomic E-state index is 11.7. The molecule has 1 unspecified atom stereocenters. The minimum atomic E-state index is -3.70. The fourth-order valence-corrected chi connectivity index (χ4v) is 5.41. The van der Waals surface area contributed by atoms with E-state index in [9.17, 15) is 8.42 Å². The molecular formula is C18H20ClN3O3S. The van der Waals surface area contributed by atoms with Gasteiger partial charge in [-0.25, -0.2) is 0 Å². The molecule has 6 nitrogen and oxygen atoms in total. The first-order chi connectivity index (χ1) is 12.3. The number of fused-ring (bicyclic) bond motifs is 2. The lowest BCUT2D eigenvalue weighted by Crippen LogP contribution is -2.47. The number of nitriles is 1. The number of piperidine rings is 1. The summed E-state index contributed by atoms with van der Waals surface area (Å²) in [6.45, 7) is 0.887. The Kier molecular flexibility index (Phi) is 4.18. The van der Waals surface area contributed by atoms with Crippen LogP contribution in [0.4, 0.5) is 0 Å². The lowest BCUT2D eigenvalue weighted by atomic mass is 9.72. The van der Waals surface area contributed by atoms with Crippen molar-refractivity contribution in [1.82, 2.24) is 9.63 Å². The van der Waals surface area contributed by atoms with Gasteiger partial charge in [-0.15, -0.1) is 0 Å². The lowest BCUT2D eigenvalue weighted by Gasteiger charge is -2.45. The molecule has 0 bridgehead atoms. The van der Waals surface area contributed by atoms with Crippen molar-refractivity contribution in [1.29, 1.82) is 5.26 Å². The molecule has 1 aliphatic carbocycles. The molecule has 2 aromatic rings. The third-order valence-electron chi connectivity index (χ3n) is 5.59. The zero-order chi connectivity index (χ0) is 18.6. The summed E-state index contributed by atoms with van der Waals surface area (Å²) in [4.78, 5) is 2.31. The number of benzene rings is 1. The highest BCUT2D eigenvalue weighted by atomic mass is 35.5. The van der Waals surface area contributed by atoms with Crippen molar-refractivity contribution in [2.45, 2.75) is 31.2 Å². The number of rotatable bonds is 3. The first-order valence-electron chi connectivity index (χ1n) is 8.59. The van der Waals surface area contributed by atoms with E-state index in [1.807, 2.05) is 12.1 Å². The standard InChI is InChI=1S/C18H20ClN3O3S/c1-21-10-11(6-7-20)8-13-12-4-3-5-15-17(12)14(9-16(13)21)18(19)22(15)25-26(2,23)24/h3-5,11,13,16H,6,8-10H2,1-2H3/t11?,13-,16-/m0/s1. The van der Waals surface area contributed by atoms with Gasteiger partial charge in [0.15, 0.2) is 5.15 Å². The van der Waals surface area contributed by atoms with Gasteiger partial charge in [0.1, 0.15) is 0 Å². The highest BCUT2D eigenvalue weighted by molar-refractivity contribution is 7.86. The average molecular weight is 394 g/mol. The zero-order valence-corrected chi connectivity index (χ0v) is 16.2. The van der Waals surface area contributed by atoms with Crippen LogP contribution in [0.2, 0.25) is 5.15 Å². The number of hydrogen-bond acceptors (Lipinski definition) is 5. The Morgan fingerprint density at radius 1 is 1.42 bits per heavy atom. The summed E-state index contributed by atoms with van der Waals surface area (Å²) < 4.78 is 29.7. The van der Waals surface area contributed by atoms with Crippen molar-refractivity contribution in [3.05, 3.63) is 34.5 Å². The highest BCUT2D eigenvalue weighted by Gasteiger charge is 2.41. The van der Waals surface area contributed by atoms with Crippen LogP contribution < -0.4 is 4.28 Å². The third-order valence-corrected chi connectivity index (χ3v) is 6.39. The van der Waals surface area contributed by atoms with Crippen LogP contribution in [0.1, 0.15) is 29.9 Å². The fourth-order valence-electron chi connectivity index (χ4n) is 4.65. The molecule has 8 heteroatoms. The Bertz CT molecular complexity index is 1020. The summed E-state index contributed by atoms with van der Waals surface area (Å²) in [6.07, 6.45) is 3.26. The molecule has 26 heavy (non-hydrogen) atoms. The quantitative estimate of drug-likeness (QED) is 0.801. The van der Waals surface area contributed by atoms with Gasteiger partial charge >= 0.3 is 10.1 Å². The second-order valence-corrected chi connectivity index (χ2v) is 9.28. The van der Waals surface area contributed by atoms with Gasteiger partial charge in [0.2, 0.25) is 0 Å². The molecule has 1 aliphatic heterocycles. The van der Waals surface area contributed by atoms with Gasteiger partial charge in [-0.3, -0.25) is 4.28 Å². The Labute approximate surface area is 158 Å². The first kappa shape index (κ1) is 17.7. The molecule has 1 aromatic heterocycles. The molecule has 0 N–H and O–H groups in total. The number of hydrogen-bond donors (Lipinski definition) is 0. The van der Waals surface area contributed by atoms with Crippen LogP contribution in [0.25, 0.3) is 10.9 Å². The topological polar surface area (TPSA) is 75.3 Å². The summed E-state index contributed by atoms with van der Waals surface area (Å²) in [5, 5.41) is 10.4. The van der Waals surface area contributed by atoms with Crippen molar-refractivity contribution in [3.8, 4) is 6.07 Å². The van der Waals surface area contributed by atoms with Crippen molar-refractivity contribution in [3.63, 3.8) is 0 Å². The zero-order valence-electron chi connectivity index (χ0n) is 14.6.